The Bertz CT molecular complexity index is 1300. The standard InChI is InChI=1S/C30H39ClO7S/c1-19(13-15-37-22(4)32)16-24(38-23(5)33)17-20(2)18-28(29-21(3)26(34)12-14-30(29,6)7)39(35,36)27-11-9-8-10-25(27)31/h8-11,13,17,24,28H,12,14-16,18H2,1-7H3/b19-13+,20-17+. The first-order valence-corrected chi connectivity index (χ1v) is 14.8. The number of ether oxygens (including phenoxy) is 2. The van der Waals surface area contributed by atoms with Gasteiger partial charge in [-0.25, -0.2) is 8.42 Å². The van der Waals surface area contributed by atoms with Crippen LogP contribution < -0.4 is 0 Å². The molecule has 2 unspecified atom stereocenters. The van der Waals surface area contributed by atoms with E-state index in [0.29, 0.717) is 36.0 Å². The fourth-order valence-corrected chi connectivity index (χ4v) is 7.67. The summed E-state index contributed by atoms with van der Waals surface area (Å²) in [4.78, 5) is 35.7. The smallest absolute Gasteiger partial charge is 0.303 e. The predicted octanol–water partition coefficient (Wildman–Crippen LogP) is 6.36. The van der Waals surface area contributed by atoms with Gasteiger partial charge in [0.15, 0.2) is 15.6 Å². The summed E-state index contributed by atoms with van der Waals surface area (Å²) < 4.78 is 38.8. The van der Waals surface area contributed by atoms with E-state index in [1.165, 1.54) is 26.0 Å². The maximum Gasteiger partial charge on any atom is 0.303 e. The molecule has 0 heterocycles. The van der Waals surface area contributed by atoms with Crippen molar-refractivity contribution in [3.63, 3.8) is 0 Å². The summed E-state index contributed by atoms with van der Waals surface area (Å²) in [5, 5.41) is -0.917. The molecule has 9 heteroatoms. The van der Waals surface area contributed by atoms with Crippen molar-refractivity contribution in [2.24, 2.45) is 5.41 Å². The molecule has 7 nitrogen and oxygen atoms in total. The lowest BCUT2D eigenvalue weighted by Gasteiger charge is -2.38. The fraction of sp³-hybridized carbons (Fsp3) is 0.500. The van der Waals surface area contributed by atoms with Gasteiger partial charge in [0.25, 0.3) is 0 Å². The Labute approximate surface area is 237 Å². The van der Waals surface area contributed by atoms with Crippen LogP contribution in [-0.4, -0.2) is 44.1 Å². The highest BCUT2D eigenvalue weighted by Gasteiger charge is 2.43. The van der Waals surface area contributed by atoms with Gasteiger partial charge in [-0.1, -0.05) is 48.7 Å². The minimum Gasteiger partial charge on any atom is -0.462 e. The number of sulfone groups is 1. The zero-order valence-electron chi connectivity index (χ0n) is 23.8. The van der Waals surface area contributed by atoms with E-state index in [-0.39, 0.29) is 28.7 Å². The molecule has 0 spiro atoms. The molecule has 0 fully saturated rings. The van der Waals surface area contributed by atoms with Crippen LogP contribution in [0.2, 0.25) is 5.02 Å². The molecule has 214 valence electrons. The Kier molecular flexibility index (Phi) is 11.3. The Morgan fingerprint density at radius 2 is 1.69 bits per heavy atom. The van der Waals surface area contributed by atoms with Gasteiger partial charge in [-0.15, -0.1) is 0 Å². The first kappa shape index (κ1) is 32.5. The minimum atomic E-state index is -4.01. The van der Waals surface area contributed by atoms with Gasteiger partial charge in [-0.2, -0.15) is 0 Å². The fourth-order valence-electron chi connectivity index (χ4n) is 5.01. The van der Waals surface area contributed by atoms with Gasteiger partial charge in [0.1, 0.15) is 12.7 Å². The summed E-state index contributed by atoms with van der Waals surface area (Å²) in [6, 6.07) is 6.31. The molecular formula is C30H39ClO7S. The first-order valence-electron chi connectivity index (χ1n) is 12.9. The van der Waals surface area contributed by atoms with Crippen molar-refractivity contribution in [2.75, 3.05) is 6.61 Å². The number of carbonyl (C=O) groups is 3. The second kappa shape index (κ2) is 13.6. The molecular weight excluding hydrogens is 540 g/mol. The monoisotopic (exact) mass is 578 g/mol. The molecule has 0 saturated carbocycles. The van der Waals surface area contributed by atoms with Crippen LogP contribution in [0.15, 0.2) is 63.6 Å². The average molecular weight is 579 g/mol. The second-order valence-corrected chi connectivity index (χ2v) is 13.2. The molecule has 0 aromatic heterocycles. The molecule has 0 saturated heterocycles. The number of ketones is 1. The molecule has 39 heavy (non-hydrogen) atoms. The van der Waals surface area contributed by atoms with Crippen molar-refractivity contribution in [2.45, 2.75) is 90.4 Å². The van der Waals surface area contributed by atoms with Crippen LogP contribution in [0.3, 0.4) is 0 Å². The number of carbonyl (C=O) groups excluding carboxylic acids is 3. The summed E-state index contributed by atoms with van der Waals surface area (Å²) in [5.41, 5.74) is 2.06. The quantitative estimate of drug-likeness (QED) is 0.222. The molecule has 0 bridgehead atoms. The number of hydrogen-bond acceptors (Lipinski definition) is 7. The van der Waals surface area contributed by atoms with Gasteiger partial charge in [0.05, 0.1) is 15.2 Å². The molecule has 0 N–H and O–H groups in total. The molecule has 2 atom stereocenters. The number of esters is 2. The van der Waals surface area contributed by atoms with Crippen molar-refractivity contribution in [3.05, 3.63) is 63.7 Å². The van der Waals surface area contributed by atoms with E-state index in [1.54, 1.807) is 38.1 Å². The highest BCUT2D eigenvalue weighted by molar-refractivity contribution is 7.92. The van der Waals surface area contributed by atoms with Crippen LogP contribution in [0.4, 0.5) is 0 Å². The first-order chi connectivity index (χ1) is 18.1. The Morgan fingerprint density at radius 1 is 1.05 bits per heavy atom. The van der Waals surface area contributed by atoms with Crippen LogP contribution in [0, 0.1) is 5.41 Å². The van der Waals surface area contributed by atoms with Gasteiger partial charge in [-0.3, -0.25) is 14.4 Å². The van der Waals surface area contributed by atoms with Gasteiger partial charge >= 0.3 is 11.9 Å². The molecule has 0 aliphatic heterocycles. The van der Waals surface area contributed by atoms with E-state index in [2.05, 4.69) is 0 Å². The van der Waals surface area contributed by atoms with Crippen molar-refractivity contribution in [1.29, 1.82) is 0 Å². The lowest BCUT2D eigenvalue weighted by Crippen LogP contribution is -2.37. The van der Waals surface area contributed by atoms with Crippen LogP contribution in [0.5, 0.6) is 0 Å². The van der Waals surface area contributed by atoms with E-state index >= 15 is 0 Å². The van der Waals surface area contributed by atoms with Gasteiger partial charge in [0.2, 0.25) is 0 Å². The zero-order valence-corrected chi connectivity index (χ0v) is 25.4. The van der Waals surface area contributed by atoms with Crippen LogP contribution in [0.1, 0.15) is 74.1 Å². The van der Waals surface area contributed by atoms with Crippen molar-refractivity contribution in [3.8, 4) is 0 Å². The van der Waals surface area contributed by atoms with Gasteiger partial charge in [0, 0.05) is 26.7 Å². The molecule has 0 amide bonds. The maximum absolute atomic E-state index is 14.1. The van der Waals surface area contributed by atoms with Gasteiger partial charge in [-0.05, 0) is 74.5 Å². The molecule has 1 aromatic carbocycles. The van der Waals surface area contributed by atoms with Crippen LogP contribution >= 0.6 is 11.6 Å². The maximum atomic E-state index is 14.1. The summed E-state index contributed by atoms with van der Waals surface area (Å²) in [6.45, 7) is 12.0. The Balaban J connectivity index is 2.56. The van der Waals surface area contributed by atoms with Crippen LogP contribution in [0.25, 0.3) is 0 Å². The average Bonchev–Trinajstić information content (AvgIpc) is 2.80. The van der Waals surface area contributed by atoms with Crippen molar-refractivity contribution >= 4 is 39.2 Å². The zero-order chi connectivity index (χ0) is 29.5. The minimum absolute atomic E-state index is 0.0133. The van der Waals surface area contributed by atoms with Crippen LogP contribution in [-0.2, 0) is 33.7 Å². The van der Waals surface area contributed by atoms with E-state index in [4.69, 9.17) is 21.1 Å². The Hall–Kier alpha value is -2.71. The summed E-state index contributed by atoms with van der Waals surface area (Å²) in [6.07, 6.45) is 4.15. The summed E-state index contributed by atoms with van der Waals surface area (Å²) in [7, 11) is -4.01. The molecule has 1 aliphatic rings. The molecule has 1 aromatic rings. The normalized spacial score (nSPS) is 18.0. The van der Waals surface area contributed by atoms with E-state index < -0.39 is 38.5 Å². The third kappa shape index (κ3) is 8.90. The number of halogens is 1. The lowest BCUT2D eigenvalue weighted by atomic mass is 9.70. The summed E-state index contributed by atoms with van der Waals surface area (Å²) >= 11 is 6.35. The van der Waals surface area contributed by atoms with E-state index in [1.807, 2.05) is 20.8 Å². The predicted molar refractivity (Wildman–Crippen MR) is 152 cm³/mol. The molecule has 0 radical (unpaired) electrons. The number of hydrogen-bond donors (Lipinski definition) is 0. The van der Waals surface area contributed by atoms with E-state index in [9.17, 15) is 22.8 Å². The van der Waals surface area contributed by atoms with E-state index in [0.717, 1.165) is 5.57 Å². The largest absolute Gasteiger partial charge is 0.462 e. The second-order valence-electron chi connectivity index (χ2n) is 10.7. The Morgan fingerprint density at radius 3 is 2.28 bits per heavy atom. The molecule has 1 aliphatic carbocycles. The third-order valence-electron chi connectivity index (χ3n) is 6.90. The van der Waals surface area contributed by atoms with Gasteiger partial charge < -0.3 is 9.47 Å². The number of allylic oxidation sites excluding steroid dienone is 2. The van der Waals surface area contributed by atoms with Crippen molar-refractivity contribution in [1.82, 2.24) is 0 Å². The summed E-state index contributed by atoms with van der Waals surface area (Å²) in [5.74, 6) is -0.933. The number of rotatable bonds is 11. The highest BCUT2D eigenvalue weighted by atomic mass is 35.5. The molecule has 2 rings (SSSR count). The lowest BCUT2D eigenvalue weighted by molar-refractivity contribution is -0.144. The van der Waals surface area contributed by atoms with Crippen molar-refractivity contribution < 1.29 is 32.3 Å². The topological polar surface area (TPSA) is 104 Å². The third-order valence-corrected chi connectivity index (χ3v) is 9.47. The SMILES string of the molecule is CC(=O)OC/C=C(\C)CC(/C=C(\C)CC(C1=C(C)C(=O)CCC1(C)C)S(=O)(=O)c1ccccc1Cl)OC(C)=O. The highest BCUT2D eigenvalue weighted by Crippen LogP contribution is 2.45. The number of benzene rings is 1. The number of Topliss-reactive ketones (excluding diaryl/α,β-unsaturated/α-hetero) is 1.